The summed E-state index contributed by atoms with van der Waals surface area (Å²) in [7, 11) is 0. The molecule has 1 saturated carbocycles. The summed E-state index contributed by atoms with van der Waals surface area (Å²) in [4.78, 5) is 11.7. The summed E-state index contributed by atoms with van der Waals surface area (Å²) < 4.78 is 0. The largest absolute Gasteiger partial charge is 0.334 e. The van der Waals surface area contributed by atoms with Crippen molar-refractivity contribution < 1.29 is 4.79 Å². The van der Waals surface area contributed by atoms with Gasteiger partial charge in [-0.1, -0.05) is 49.6 Å². The molecule has 1 aromatic rings. The van der Waals surface area contributed by atoms with Crippen LogP contribution in [0.5, 0.6) is 0 Å². The second-order valence-corrected chi connectivity index (χ2v) is 5.51. The third-order valence-electron chi connectivity index (χ3n) is 3.93. The van der Waals surface area contributed by atoms with E-state index >= 15 is 0 Å². The van der Waals surface area contributed by atoms with Crippen LogP contribution < -0.4 is 10.6 Å². The molecule has 3 heteroatoms. The Hall–Kier alpha value is -1.77. The predicted molar refractivity (Wildman–Crippen MR) is 82.3 cm³/mol. The minimum absolute atomic E-state index is 0.139. The Morgan fingerprint density at radius 2 is 2.00 bits per heavy atom. The van der Waals surface area contributed by atoms with Crippen LogP contribution in [-0.4, -0.2) is 6.03 Å². The van der Waals surface area contributed by atoms with Crippen LogP contribution in [0.4, 0.5) is 4.79 Å². The third kappa shape index (κ3) is 4.72. The summed E-state index contributed by atoms with van der Waals surface area (Å²) in [5, 5.41) is 5.67. The van der Waals surface area contributed by atoms with Crippen LogP contribution in [0.15, 0.2) is 36.5 Å². The van der Waals surface area contributed by atoms with Crippen molar-refractivity contribution in [2.75, 3.05) is 0 Å². The monoisotopic (exact) mass is 272 g/mol. The molecule has 0 saturated heterocycles. The van der Waals surface area contributed by atoms with Gasteiger partial charge in [-0.15, -0.1) is 0 Å². The van der Waals surface area contributed by atoms with Crippen molar-refractivity contribution in [3.05, 3.63) is 47.7 Å². The molecule has 1 fully saturated rings. The van der Waals surface area contributed by atoms with Crippen molar-refractivity contribution >= 4 is 6.03 Å². The first kappa shape index (κ1) is 14.6. The van der Waals surface area contributed by atoms with E-state index in [9.17, 15) is 4.79 Å². The van der Waals surface area contributed by atoms with Gasteiger partial charge in [-0.3, -0.25) is 0 Å². The van der Waals surface area contributed by atoms with E-state index in [0.717, 1.165) is 5.56 Å². The Bertz CT molecular complexity index is 462. The molecule has 2 amide bonds. The van der Waals surface area contributed by atoms with E-state index in [1.165, 1.54) is 37.7 Å². The fourth-order valence-electron chi connectivity index (χ4n) is 2.62. The van der Waals surface area contributed by atoms with Crippen molar-refractivity contribution in [2.24, 2.45) is 5.92 Å². The summed E-state index contributed by atoms with van der Waals surface area (Å²) >= 11 is 0. The highest BCUT2D eigenvalue weighted by atomic mass is 16.2. The van der Waals surface area contributed by atoms with Crippen LogP contribution >= 0.6 is 0 Å². The molecular weight excluding hydrogens is 248 g/mol. The zero-order valence-corrected chi connectivity index (χ0v) is 12.2. The average Bonchev–Trinajstić information content (AvgIpc) is 2.47. The first-order chi connectivity index (χ1) is 9.75. The first-order valence-electron chi connectivity index (χ1n) is 7.51. The van der Waals surface area contributed by atoms with E-state index < -0.39 is 0 Å². The zero-order chi connectivity index (χ0) is 14.2. The van der Waals surface area contributed by atoms with Crippen molar-refractivity contribution in [3.63, 3.8) is 0 Å². The Labute approximate surface area is 121 Å². The molecule has 0 bridgehead atoms. The Kier molecular flexibility index (Phi) is 5.66. The third-order valence-corrected chi connectivity index (χ3v) is 3.93. The van der Waals surface area contributed by atoms with E-state index in [1.807, 2.05) is 18.2 Å². The maximum Gasteiger partial charge on any atom is 0.319 e. The minimum Gasteiger partial charge on any atom is -0.334 e. The van der Waals surface area contributed by atoms with Crippen LogP contribution in [0.1, 0.15) is 43.2 Å². The maximum atomic E-state index is 11.7. The van der Waals surface area contributed by atoms with Crippen molar-refractivity contribution in [2.45, 2.75) is 45.6 Å². The summed E-state index contributed by atoms with van der Waals surface area (Å²) in [6.07, 6.45) is 10.4. The van der Waals surface area contributed by atoms with Crippen LogP contribution in [0.25, 0.3) is 0 Å². The smallest absolute Gasteiger partial charge is 0.319 e. The summed E-state index contributed by atoms with van der Waals surface area (Å²) in [5.41, 5.74) is 2.35. The molecule has 0 heterocycles. The molecule has 20 heavy (non-hydrogen) atoms. The first-order valence-corrected chi connectivity index (χ1v) is 7.51. The molecule has 1 aliphatic carbocycles. The normalized spacial score (nSPS) is 16.2. The number of rotatable bonds is 4. The number of allylic oxidation sites excluding steroid dienone is 1. The standard InChI is InChI=1S/C17H24N2O/c1-14-7-5-6-10-16(14)13-19-17(20)18-12-11-15-8-3-2-4-9-15/h5-7,10-12,15H,2-4,8-9,13H2,1H3,(H2,18,19,20)/b12-11+. The number of carbonyl (C=O) groups is 1. The number of nitrogens with one attached hydrogen (secondary N) is 2. The van der Waals surface area contributed by atoms with Gasteiger partial charge in [0.05, 0.1) is 0 Å². The molecule has 1 aliphatic rings. The van der Waals surface area contributed by atoms with Gasteiger partial charge in [0, 0.05) is 12.7 Å². The van der Waals surface area contributed by atoms with E-state index in [1.54, 1.807) is 6.20 Å². The molecule has 1 aromatic carbocycles. The average molecular weight is 272 g/mol. The Morgan fingerprint density at radius 3 is 2.75 bits per heavy atom. The van der Waals surface area contributed by atoms with Crippen molar-refractivity contribution in [1.82, 2.24) is 10.6 Å². The van der Waals surface area contributed by atoms with Crippen LogP contribution in [0.3, 0.4) is 0 Å². The SMILES string of the molecule is Cc1ccccc1CNC(=O)N/C=C/C1CCCCC1. The second-order valence-electron chi connectivity index (χ2n) is 5.51. The van der Waals surface area contributed by atoms with Crippen LogP contribution in [-0.2, 0) is 6.54 Å². The van der Waals surface area contributed by atoms with Gasteiger partial charge in [0.25, 0.3) is 0 Å². The van der Waals surface area contributed by atoms with E-state index in [4.69, 9.17) is 0 Å². The fraction of sp³-hybridized carbons (Fsp3) is 0.471. The second kappa shape index (κ2) is 7.73. The van der Waals surface area contributed by atoms with E-state index in [0.29, 0.717) is 12.5 Å². The predicted octanol–water partition coefficient (Wildman–Crippen LogP) is 3.89. The summed E-state index contributed by atoms with van der Waals surface area (Å²) in [6.45, 7) is 2.62. The van der Waals surface area contributed by atoms with Gasteiger partial charge in [-0.05, 0) is 36.8 Å². The maximum absolute atomic E-state index is 11.7. The van der Waals surface area contributed by atoms with Crippen LogP contribution in [0.2, 0.25) is 0 Å². The fourth-order valence-corrected chi connectivity index (χ4v) is 2.62. The number of amides is 2. The van der Waals surface area contributed by atoms with E-state index in [-0.39, 0.29) is 6.03 Å². The highest BCUT2D eigenvalue weighted by Crippen LogP contribution is 2.24. The van der Waals surface area contributed by atoms with Crippen molar-refractivity contribution in [1.29, 1.82) is 0 Å². The molecule has 108 valence electrons. The Morgan fingerprint density at radius 1 is 1.25 bits per heavy atom. The number of hydrogen-bond donors (Lipinski definition) is 2. The molecule has 0 unspecified atom stereocenters. The highest BCUT2D eigenvalue weighted by Gasteiger charge is 2.09. The number of carbonyl (C=O) groups excluding carboxylic acids is 1. The minimum atomic E-state index is -0.139. The summed E-state index contributed by atoms with van der Waals surface area (Å²) in [6, 6.07) is 7.95. The molecule has 0 aromatic heterocycles. The lowest BCUT2D eigenvalue weighted by molar-refractivity contribution is 0.243. The lowest BCUT2D eigenvalue weighted by Gasteiger charge is -2.17. The number of hydrogen-bond acceptors (Lipinski definition) is 1. The van der Waals surface area contributed by atoms with Gasteiger partial charge < -0.3 is 10.6 Å². The molecule has 2 N–H and O–H groups in total. The zero-order valence-electron chi connectivity index (χ0n) is 12.2. The molecule has 2 rings (SSSR count). The summed E-state index contributed by atoms with van der Waals surface area (Å²) in [5.74, 6) is 0.639. The van der Waals surface area contributed by atoms with Gasteiger partial charge in [-0.2, -0.15) is 0 Å². The molecular formula is C17H24N2O. The van der Waals surface area contributed by atoms with Gasteiger partial charge >= 0.3 is 6.03 Å². The lowest BCUT2D eigenvalue weighted by atomic mass is 9.89. The number of benzene rings is 1. The van der Waals surface area contributed by atoms with Gasteiger partial charge in [0.15, 0.2) is 0 Å². The van der Waals surface area contributed by atoms with Crippen LogP contribution in [0, 0.1) is 12.8 Å². The van der Waals surface area contributed by atoms with Gasteiger partial charge in [-0.25, -0.2) is 4.79 Å². The molecule has 0 atom stereocenters. The topological polar surface area (TPSA) is 41.1 Å². The Balaban J connectivity index is 1.70. The van der Waals surface area contributed by atoms with E-state index in [2.05, 4.69) is 29.7 Å². The molecule has 0 spiro atoms. The van der Waals surface area contributed by atoms with Gasteiger partial charge in [0.2, 0.25) is 0 Å². The highest BCUT2D eigenvalue weighted by molar-refractivity contribution is 5.74. The van der Waals surface area contributed by atoms with Crippen molar-refractivity contribution in [3.8, 4) is 0 Å². The molecule has 3 nitrogen and oxygen atoms in total. The molecule has 0 radical (unpaired) electrons. The number of aryl methyl sites for hydroxylation is 1. The quantitative estimate of drug-likeness (QED) is 0.858. The van der Waals surface area contributed by atoms with Gasteiger partial charge in [0.1, 0.15) is 0 Å². The number of urea groups is 1. The molecule has 0 aliphatic heterocycles. The lowest BCUT2D eigenvalue weighted by Crippen LogP contribution is -2.31.